The normalized spacial score (nSPS) is 11.9. The van der Waals surface area contributed by atoms with Crippen molar-refractivity contribution in [3.05, 3.63) is 143 Å². The Bertz CT molecular complexity index is 1670. The van der Waals surface area contributed by atoms with Crippen molar-refractivity contribution in [2.75, 3.05) is 0 Å². The largest absolute Gasteiger partial charge is 0.507 e. The summed E-state index contributed by atoms with van der Waals surface area (Å²) in [5, 5.41) is 14.6. The van der Waals surface area contributed by atoms with Crippen molar-refractivity contribution in [2.24, 2.45) is 0 Å². The van der Waals surface area contributed by atoms with Crippen LogP contribution in [0.2, 0.25) is 0 Å². The molecule has 238 valence electrons. The van der Waals surface area contributed by atoms with Gasteiger partial charge in [0.15, 0.2) is 0 Å². The predicted molar refractivity (Wildman–Crippen MR) is 195 cm³/mol. The Kier molecular flexibility index (Phi) is 9.94. The Balaban J connectivity index is 1.82. The maximum absolute atomic E-state index is 11.5. The van der Waals surface area contributed by atoms with Gasteiger partial charge in [-0.1, -0.05) is 133 Å². The molecule has 4 heteroatoms. The fourth-order valence-electron chi connectivity index (χ4n) is 5.76. The van der Waals surface area contributed by atoms with Crippen molar-refractivity contribution < 1.29 is 14.6 Å². The van der Waals surface area contributed by atoms with Gasteiger partial charge in [0, 0.05) is 27.0 Å². The van der Waals surface area contributed by atoms with E-state index in [1.54, 1.807) is 6.07 Å². The van der Waals surface area contributed by atoms with Crippen LogP contribution in [0.5, 0.6) is 17.2 Å². The maximum atomic E-state index is 11.5. The molecule has 5 aromatic rings. The number of phenols is 1. The summed E-state index contributed by atoms with van der Waals surface area (Å²) in [6, 6.07) is 37.4. The molecule has 46 heavy (non-hydrogen) atoms. The topological polar surface area (TPSA) is 38.7 Å². The number of hydrogen-bond donors (Lipinski definition) is 1. The molecule has 5 rings (SSSR count). The van der Waals surface area contributed by atoms with Gasteiger partial charge in [-0.15, -0.1) is 0 Å². The fourth-order valence-corrected chi connectivity index (χ4v) is 8.52. The average Bonchev–Trinajstić information content (AvgIpc) is 3.01. The second-order valence-electron chi connectivity index (χ2n) is 14.2. The molecule has 1 N–H and O–H groups in total. The summed E-state index contributed by atoms with van der Waals surface area (Å²) in [6.07, 6.45) is 0. The minimum atomic E-state index is -1.33. The molecule has 0 radical (unpaired) electrons. The number of hydrogen-bond acceptors (Lipinski definition) is 3. The van der Waals surface area contributed by atoms with Gasteiger partial charge >= 0.3 is 0 Å². The van der Waals surface area contributed by atoms with Gasteiger partial charge in [0.05, 0.1) is 0 Å². The number of aromatic hydroxyl groups is 1. The summed E-state index contributed by atoms with van der Waals surface area (Å²) < 4.78 is 13.8. The lowest BCUT2D eigenvalue weighted by atomic mass is 9.85. The van der Waals surface area contributed by atoms with Crippen molar-refractivity contribution in [3.63, 3.8) is 0 Å². The zero-order valence-electron chi connectivity index (χ0n) is 28.5. The highest BCUT2D eigenvalue weighted by Gasteiger charge is 2.33. The first-order valence-corrected chi connectivity index (χ1v) is 17.4. The summed E-state index contributed by atoms with van der Waals surface area (Å²) in [6.45, 7) is 18.6. The molecule has 3 nitrogen and oxygen atoms in total. The molecule has 0 heterocycles. The van der Waals surface area contributed by atoms with E-state index >= 15 is 0 Å². The van der Waals surface area contributed by atoms with Gasteiger partial charge in [-0.25, -0.2) is 0 Å². The van der Waals surface area contributed by atoms with Crippen LogP contribution < -0.4 is 25.4 Å². The minimum Gasteiger partial charge on any atom is -0.507 e. The molecule has 0 aliphatic carbocycles. The van der Waals surface area contributed by atoms with Crippen LogP contribution in [0.15, 0.2) is 109 Å². The summed E-state index contributed by atoms with van der Waals surface area (Å²) in [7, 11) is -1.33. The van der Waals surface area contributed by atoms with Crippen LogP contribution in [-0.4, -0.2) is 5.11 Å². The molecule has 0 bridgehead atoms. The quantitative estimate of drug-likeness (QED) is 0.165. The van der Waals surface area contributed by atoms with Crippen molar-refractivity contribution in [3.8, 4) is 17.2 Å². The molecule has 0 spiro atoms. The lowest BCUT2D eigenvalue weighted by Crippen LogP contribution is -2.29. The molecule has 0 aromatic heterocycles. The summed E-state index contributed by atoms with van der Waals surface area (Å²) in [5.74, 6) is 2.03. The van der Waals surface area contributed by atoms with Crippen LogP contribution in [0.1, 0.15) is 74.9 Å². The first-order valence-electron chi connectivity index (χ1n) is 16.0. The van der Waals surface area contributed by atoms with Crippen molar-refractivity contribution in [1.82, 2.24) is 0 Å². The summed E-state index contributed by atoms with van der Waals surface area (Å²) in [5.41, 5.74) is 6.48. The van der Waals surface area contributed by atoms with Crippen molar-refractivity contribution >= 4 is 23.8 Å². The summed E-state index contributed by atoms with van der Waals surface area (Å²) in [4.78, 5) is 0. The Hall–Kier alpha value is -4.07. The molecular weight excluding hydrogens is 583 g/mol. The van der Waals surface area contributed by atoms with Crippen LogP contribution in [0.3, 0.4) is 0 Å². The van der Waals surface area contributed by atoms with Gasteiger partial charge in [0.25, 0.3) is 0 Å². The fraction of sp³-hybridized carbons (Fsp3) is 0.286. The number of phenolic OH excluding ortho intramolecular Hbond substituents is 1. The number of aryl methyl sites for hydroxylation is 2. The third kappa shape index (κ3) is 7.65. The maximum Gasteiger partial charge on any atom is 0.131 e. The zero-order chi connectivity index (χ0) is 33.1. The highest BCUT2D eigenvalue weighted by atomic mass is 31.1. The molecule has 0 amide bonds. The Morgan fingerprint density at radius 3 is 1.30 bits per heavy atom. The van der Waals surface area contributed by atoms with E-state index in [4.69, 9.17) is 9.47 Å². The third-order valence-corrected chi connectivity index (χ3v) is 10.6. The van der Waals surface area contributed by atoms with Crippen LogP contribution in [0, 0.1) is 13.8 Å². The molecule has 0 saturated heterocycles. The van der Waals surface area contributed by atoms with E-state index in [2.05, 4.69) is 110 Å². The monoisotopic (exact) mass is 630 g/mol. The van der Waals surface area contributed by atoms with E-state index in [9.17, 15) is 5.11 Å². The van der Waals surface area contributed by atoms with Crippen molar-refractivity contribution in [2.45, 2.75) is 79.4 Å². The molecule has 0 aliphatic heterocycles. The van der Waals surface area contributed by atoms with E-state index < -0.39 is 7.92 Å². The standard InChI is InChI=1S/C42H47O3P/c1-29-23-33(41(3,4)5)39(44-27-31-17-11-9-12-18-31)37(25-29)46(36-22-16-15-21-35(36)43)38-26-30(2)24-34(42(6,7)8)40(38)45-28-32-19-13-10-14-20-32/h9-26,43H,27-28H2,1-8H3. The zero-order valence-corrected chi connectivity index (χ0v) is 29.4. The Labute approximate surface area is 277 Å². The van der Waals surface area contributed by atoms with E-state index in [0.29, 0.717) is 13.2 Å². The lowest BCUT2D eigenvalue weighted by Gasteiger charge is -2.32. The number of ether oxygens (including phenoxy) is 2. The summed E-state index contributed by atoms with van der Waals surface area (Å²) >= 11 is 0. The number of rotatable bonds is 9. The van der Waals surface area contributed by atoms with Crippen LogP contribution in [0.4, 0.5) is 0 Å². The van der Waals surface area contributed by atoms with Gasteiger partial charge in [-0.2, -0.15) is 0 Å². The average molecular weight is 631 g/mol. The smallest absolute Gasteiger partial charge is 0.131 e. The van der Waals surface area contributed by atoms with Crippen LogP contribution in [-0.2, 0) is 24.0 Å². The van der Waals surface area contributed by atoms with Crippen LogP contribution in [0.25, 0.3) is 0 Å². The molecule has 0 atom stereocenters. The van der Waals surface area contributed by atoms with Gasteiger partial charge in [-0.3, -0.25) is 0 Å². The Morgan fingerprint density at radius 1 is 0.522 bits per heavy atom. The van der Waals surface area contributed by atoms with Gasteiger partial charge in [0.2, 0.25) is 0 Å². The Morgan fingerprint density at radius 2 is 0.913 bits per heavy atom. The first-order chi connectivity index (χ1) is 21.8. The van der Waals surface area contributed by atoms with Gasteiger partial charge < -0.3 is 14.6 Å². The predicted octanol–water partition coefficient (Wildman–Crippen LogP) is 9.52. The van der Waals surface area contributed by atoms with Crippen molar-refractivity contribution in [1.29, 1.82) is 0 Å². The van der Waals surface area contributed by atoms with E-state index in [1.165, 1.54) is 0 Å². The van der Waals surface area contributed by atoms with E-state index in [0.717, 1.165) is 60.8 Å². The minimum absolute atomic E-state index is 0.178. The van der Waals surface area contributed by atoms with E-state index in [-0.39, 0.29) is 16.6 Å². The third-order valence-electron chi connectivity index (χ3n) is 8.10. The van der Waals surface area contributed by atoms with Gasteiger partial charge in [-0.05, 0) is 73.1 Å². The molecule has 0 aliphatic rings. The number of benzene rings is 5. The first kappa shape index (κ1) is 33.3. The molecule has 0 fully saturated rings. The van der Waals surface area contributed by atoms with Gasteiger partial charge in [0.1, 0.15) is 30.5 Å². The lowest BCUT2D eigenvalue weighted by molar-refractivity contribution is 0.299. The molecular formula is C42H47O3P. The molecule has 5 aromatic carbocycles. The second kappa shape index (κ2) is 13.7. The highest BCUT2D eigenvalue weighted by Crippen LogP contribution is 2.47. The second-order valence-corrected chi connectivity index (χ2v) is 16.3. The van der Waals surface area contributed by atoms with E-state index in [1.807, 2.05) is 48.5 Å². The van der Waals surface area contributed by atoms with Crippen LogP contribution >= 0.6 is 7.92 Å². The molecule has 0 unspecified atom stereocenters. The number of para-hydroxylation sites is 1. The SMILES string of the molecule is Cc1cc(P(c2ccccc2O)c2cc(C)cc(C(C)(C)C)c2OCc2ccccc2)c(OCc2ccccc2)c(C(C)(C)C)c1. The highest BCUT2D eigenvalue weighted by molar-refractivity contribution is 7.80. The molecule has 0 saturated carbocycles.